The van der Waals surface area contributed by atoms with Crippen molar-refractivity contribution in [3.8, 4) is 5.75 Å². The number of nitrogens with one attached hydrogen (secondary N) is 1. The van der Waals surface area contributed by atoms with Crippen molar-refractivity contribution in [2.45, 2.75) is 13.5 Å². The Bertz CT molecular complexity index is 890. The number of likely N-dealkylation sites (tertiary alicyclic amines) is 1. The highest BCUT2D eigenvalue weighted by molar-refractivity contribution is 5.56. The fourth-order valence-electron chi connectivity index (χ4n) is 5.24. The van der Waals surface area contributed by atoms with E-state index >= 15 is 0 Å². The summed E-state index contributed by atoms with van der Waals surface area (Å²) >= 11 is 0. The van der Waals surface area contributed by atoms with E-state index in [1.54, 1.807) is 6.07 Å². The minimum absolute atomic E-state index is 0.150. The average Bonchev–Trinajstić information content (AvgIpc) is 3.24. The maximum absolute atomic E-state index is 14.6. The molecule has 31 heavy (non-hydrogen) atoms. The van der Waals surface area contributed by atoms with Crippen LogP contribution in [-0.2, 0) is 11.3 Å². The molecule has 5 rings (SSSR count). The summed E-state index contributed by atoms with van der Waals surface area (Å²) in [5, 5.41) is 3.47. The monoisotopic (exact) mass is 425 g/mol. The largest absolute Gasteiger partial charge is 0.494 e. The highest BCUT2D eigenvalue weighted by Crippen LogP contribution is 2.51. The molecule has 1 saturated carbocycles. The van der Waals surface area contributed by atoms with Gasteiger partial charge in [0.2, 0.25) is 0 Å². The van der Waals surface area contributed by atoms with Crippen molar-refractivity contribution in [1.29, 1.82) is 0 Å². The minimum Gasteiger partial charge on any atom is -0.494 e. The van der Waals surface area contributed by atoms with E-state index in [4.69, 9.17) is 9.47 Å². The molecule has 2 atom stereocenters. The molecular formula is C25H32FN3O2. The molecule has 5 nitrogen and oxygen atoms in total. The Balaban J connectivity index is 1.09. The van der Waals surface area contributed by atoms with E-state index in [1.165, 1.54) is 5.56 Å². The summed E-state index contributed by atoms with van der Waals surface area (Å²) in [6.07, 6.45) is 0. The molecule has 0 bridgehead atoms. The van der Waals surface area contributed by atoms with Crippen molar-refractivity contribution in [3.63, 3.8) is 0 Å². The van der Waals surface area contributed by atoms with E-state index in [9.17, 15) is 4.39 Å². The van der Waals surface area contributed by atoms with Crippen molar-refractivity contribution in [2.24, 2.45) is 17.8 Å². The zero-order valence-corrected chi connectivity index (χ0v) is 18.2. The van der Waals surface area contributed by atoms with E-state index in [2.05, 4.69) is 33.3 Å². The van der Waals surface area contributed by atoms with Crippen molar-refractivity contribution in [2.75, 3.05) is 62.8 Å². The smallest absolute Gasteiger partial charge is 0.148 e. The Morgan fingerprint density at radius 1 is 1.10 bits per heavy atom. The number of benzene rings is 2. The van der Waals surface area contributed by atoms with Crippen LogP contribution in [0.4, 0.5) is 15.8 Å². The molecule has 1 N–H and O–H groups in total. The van der Waals surface area contributed by atoms with Crippen molar-refractivity contribution in [1.82, 2.24) is 4.90 Å². The third kappa shape index (κ3) is 4.65. The van der Waals surface area contributed by atoms with Gasteiger partial charge < -0.3 is 19.7 Å². The maximum atomic E-state index is 14.6. The molecule has 3 aliphatic rings. The molecule has 2 aromatic rings. The van der Waals surface area contributed by atoms with E-state index in [0.29, 0.717) is 31.4 Å². The number of morpholine rings is 1. The molecule has 3 fully saturated rings. The van der Waals surface area contributed by atoms with Crippen LogP contribution in [-0.4, -0.2) is 57.4 Å². The normalized spacial score (nSPS) is 25.4. The lowest BCUT2D eigenvalue weighted by Gasteiger charge is -2.29. The van der Waals surface area contributed by atoms with Gasteiger partial charge >= 0.3 is 0 Å². The van der Waals surface area contributed by atoms with Crippen LogP contribution in [0.2, 0.25) is 0 Å². The van der Waals surface area contributed by atoms with Gasteiger partial charge in [-0.3, -0.25) is 4.90 Å². The predicted molar refractivity (Wildman–Crippen MR) is 121 cm³/mol. The third-order valence-electron chi connectivity index (χ3n) is 6.90. The number of halogens is 1. The van der Waals surface area contributed by atoms with Gasteiger partial charge in [0, 0.05) is 45.0 Å². The number of piperidine rings is 1. The van der Waals surface area contributed by atoms with Crippen LogP contribution < -0.4 is 15.0 Å². The van der Waals surface area contributed by atoms with Crippen molar-refractivity contribution < 1.29 is 13.9 Å². The first-order valence-corrected chi connectivity index (χ1v) is 11.5. The Labute approximate surface area is 184 Å². The van der Waals surface area contributed by atoms with E-state index in [1.807, 2.05) is 25.1 Å². The summed E-state index contributed by atoms with van der Waals surface area (Å²) in [5.74, 6) is 3.04. The number of nitrogens with zero attached hydrogens (tertiary/aromatic N) is 2. The fourth-order valence-corrected chi connectivity index (χ4v) is 5.24. The minimum atomic E-state index is -0.150. The fraction of sp³-hybridized carbons (Fsp3) is 0.520. The number of hydrogen-bond acceptors (Lipinski definition) is 5. The van der Waals surface area contributed by atoms with Gasteiger partial charge in [-0.05, 0) is 60.6 Å². The lowest BCUT2D eigenvalue weighted by molar-refractivity contribution is 0.122. The molecule has 0 radical (unpaired) electrons. The quantitative estimate of drug-likeness (QED) is 0.695. The second kappa shape index (κ2) is 9.05. The van der Waals surface area contributed by atoms with Gasteiger partial charge in [-0.25, -0.2) is 4.39 Å². The average molecular weight is 426 g/mol. The molecule has 6 heteroatoms. The lowest BCUT2D eigenvalue weighted by Crippen LogP contribution is -2.36. The summed E-state index contributed by atoms with van der Waals surface area (Å²) in [4.78, 5) is 4.61. The molecular weight excluding hydrogens is 393 g/mol. The summed E-state index contributed by atoms with van der Waals surface area (Å²) in [7, 11) is 0. The molecule has 0 aromatic heterocycles. The number of fused-ring (bicyclic) bond motifs is 1. The van der Waals surface area contributed by atoms with Gasteiger partial charge in [0.1, 0.15) is 11.6 Å². The van der Waals surface area contributed by atoms with Gasteiger partial charge in [0.25, 0.3) is 0 Å². The third-order valence-corrected chi connectivity index (χ3v) is 6.90. The van der Waals surface area contributed by atoms with Crippen molar-refractivity contribution in [3.05, 3.63) is 53.8 Å². The molecule has 0 amide bonds. The Kier molecular flexibility index (Phi) is 6.01. The summed E-state index contributed by atoms with van der Waals surface area (Å²) in [6, 6.07) is 14.0. The van der Waals surface area contributed by atoms with Gasteiger partial charge in [-0.1, -0.05) is 12.1 Å². The number of anilines is 2. The maximum Gasteiger partial charge on any atom is 0.148 e. The topological polar surface area (TPSA) is 37.0 Å². The van der Waals surface area contributed by atoms with E-state index in [0.717, 1.165) is 62.5 Å². The number of rotatable bonds is 8. The van der Waals surface area contributed by atoms with Crippen LogP contribution in [0.1, 0.15) is 12.5 Å². The first kappa shape index (κ1) is 20.6. The van der Waals surface area contributed by atoms with Crippen molar-refractivity contribution >= 4 is 11.4 Å². The SMILES string of the molecule is CCOc1cccc(CN2CC3C(CNc4ccc(N5CCOCC5)c(F)c4)C3C2)c1. The van der Waals surface area contributed by atoms with Gasteiger partial charge in [-0.2, -0.15) is 0 Å². The predicted octanol–water partition coefficient (Wildman–Crippen LogP) is 3.85. The molecule has 2 saturated heterocycles. The van der Waals surface area contributed by atoms with Crippen LogP contribution in [0.5, 0.6) is 5.75 Å². The van der Waals surface area contributed by atoms with Crippen LogP contribution in [0.15, 0.2) is 42.5 Å². The first-order chi connectivity index (χ1) is 15.2. The zero-order chi connectivity index (χ0) is 21.2. The molecule has 2 heterocycles. The highest BCUT2D eigenvalue weighted by Gasteiger charge is 2.54. The van der Waals surface area contributed by atoms with Crippen LogP contribution in [0, 0.1) is 23.6 Å². The lowest BCUT2D eigenvalue weighted by atomic mass is 10.2. The van der Waals surface area contributed by atoms with Crippen LogP contribution >= 0.6 is 0 Å². The number of ether oxygens (including phenoxy) is 2. The molecule has 1 aliphatic carbocycles. The Morgan fingerprint density at radius 2 is 1.90 bits per heavy atom. The van der Waals surface area contributed by atoms with E-state index in [-0.39, 0.29) is 5.82 Å². The van der Waals surface area contributed by atoms with Gasteiger partial charge in [0.15, 0.2) is 0 Å². The molecule has 0 spiro atoms. The first-order valence-electron chi connectivity index (χ1n) is 11.5. The second-order valence-corrected chi connectivity index (χ2v) is 8.91. The Hall–Kier alpha value is -2.31. The standard InChI is InChI=1S/C25H32FN3O2/c1-2-31-20-5-3-4-18(12-20)15-28-16-22-21(23(22)17-28)14-27-19-6-7-25(24(26)13-19)29-8-10-30-11-9-29/h3-7,12-13,21-23,27H,2,8-11,14-17H2,1H3. The molecule has 2 aliphatic heterocycles. The Morgan fingerprint density at radius 3 is 2.65 bits per heavy atom. The molecule has 2 unspecified atom stereocenters. The summed E-state index contributed by atoms with van der Waals surface area (Å²) in [5.41, 5.74) is 2.88. The van der Waals surface area contributed by atoms with Crippen LogP contribution in [0.25, 0.3) is 0 Å². The highest BCUT2D eigenvalue weighted by atomic mass is 19.1. The molecule has 166 valence electrons. The summed E-state index contributed by atoms with van der Waals surface area (Å²) in [6.45, 7) is 9.77. The van der Waals surface area contributed by atoms with Gasteiger partial charge in [-0.15, -0.1) is 0 Å². The zero-order valence-electron chi connectivity index (χ0n) is 18.2. The second-order valence-electron chi connectivity index (χ2n) is 8.91. The number of hydrogen-bond donors (Lipinski definition) is 1. The van der Waals surface area contributed by atoms with Crippen LogP contribution in [0.3, 0.4) is 0 Å². The van der Waals surface area contributed by atoms with E-state index < -0.39 is 0 Å². The van der Waals surface area contributed by atoms with Gasteiger partial charge in [0.05, 0.1) is 25.5 Å². The summed E-state index contributed by atoms with van der Waals surface area (Å²) < 4.78 is 25.6. The molecule has 2 aromatic carbocycles.